The molecule has 0 spiro atoms. The maximum Gasteiger partial charge on any atom is 0.295 e. The van der Waals surface area contributed by atoms with E-state index in [0.29, 0.717) is 36.4 Å². The van der Waals surface area contributed by atoms with E-state index in [-0.39, 0.29) is 11.3 Å². The monoisotopic (exact) mass is 423 g/mol. The number of aliphatic hydroxyl groups is 1. The van der Waals surface area contributed by atoms with Crippen LogP contribution in [-0.2, 0) is 9.59 Å². The summed E-state index contributed by atoms with van der Waals surface area (Å²) in [6, 6.07) is 9.83. The lowest BCUT2D eigenvalue weighted by atomic mass is 9.96. The van der Waals surface area contributed by atoms with Crippen LogP contribution < -0.4 is 4.74 Å². The van der Waals surface area contributed by atoms with Crippen LogP contribution in [0.25, 0.3) is 5.76 Å². The molecule has 1 fully saturated rings. The number of ether oxygens (including phenoxy) is 1. The topological polar surface area (TPSA) is 83.0 Å². The van der Waals surface area contributed by atoms with Crippen LogP contribution in [0.5, 0.6) is 5.75 Å². The van der Waals surface area contributed by atoms with Crippen molar-refractivity contribution >= 4 is 17.4 Å². The quantitative estimate of drug-likeness (QED) is 0.379. The van der Waals surface area contributed by atoms with Crippen molar-refractivity contribution in [3.63, 3.8) is 0 Å². The first kappa shape index (κ1) is 22.5. The molecule has 1 N–H and O–H groups in total. The molecule has 1 aliphatic rings. The number of likely N-dealkylation sites (tertiary alicyclic amines) is 1. The number of amides is 1. The summed E-state index contributed by atoms with van der Waals surface area (Å²) in [5.41, 5.74) is 1.20. The molecule has 3 rings (SSSR count). The predicted molar refractivity (Wildman–Crippen MR) is 119 cm³/mol. The van der Waals surface area contributed by atoms with E-state index in [0.717, 1.165) is 13.0 Å². The Balaban J connectivity index is 2.03. The molecule has 1 atom stereocenters. The third kappa shape index (κ3) is 5.11. The number of aromatic nitrogens is 1. The van der Waals surface area contributed by atoms with Crippen LogP contribution in [0, 0.1) is 0 Å². The Bertz CT molecular complexity index is 956. The van der Waals surface area contributed by atoms with Crippen molar-refractivity contribution in [2.24, 2.45) is 0 Å². The van der Waals surface area contributed by atoms with Gasteiger partial charge in [0.25, 0.3) is 11.7 Å². The Morgan fingerprint density at radius 2 is 2.03 bits per heavy atom. The van der Waals surface area contributed by atoms with Crippen LogP contribution in [-0.4, -0.2) is 65.4 Å². The van der Waals surface area contributed by atoms with Gasteiger partial charge in [-0.05, 0) is 57.2 Å². The number of rotatable bonds is 9. The highest BCUT2D eigenvalue weighted by atomic mass is 16.5. The highest BCUT2D eigenvalue weighted by Gasteiger charge is 2.45. The molecule has 2 aromatic rings. The minimum absolute atomic E-state index is 0.0792. The van der Waals surface area contributed by atoms with Gasteiger partial charge in [-0.1, -0.05) is 25.1 Å². The molecule has 1 unspecified atom stereocenters. The second kappa shape index (κ2) is 10.2. The number of pyridine rings is 1. The molecular formula is C24H29N3O4. The number of carbonyl (C=O) groups excluding carboxylic acids is 2. The van der Waals surface area contributed by atoms with Gasteiger partial charge >= 0.3 is 0 Å². The Kier molecular flexibility index (Phi) is 7.41. The van der Waals surface area contributed by atoms with E-state index in [1.165, 1.54) is 4.90 Å². The molecule has 7 heteroatoms. The molecule has 1 saturated heterocycles. The van der Waals surface area contributed by atoms with Gasteiger partial charge in [0.05, 0.1) is 18.2 Å². The summed E-state index contributed by atoms with van der Waals surface area (Å²) in [5, 5.41) is 11.1. The average Bonchev–Trinajstić information content (AvgIpc) is 3.02. The van der Waals surface area contributed by atoms with E-state index in [9.17, 15) is 14.7 Å². The molecule has 31 heavy (non-hydrogen) atoms. The van der Waals surface area contributed by atoms with E-state index in [2.05, 4.69) is 4.98 Å². The standard InChI is InChI=1S/C24H29N3O4/c1-4-14-31-19-10-5-8-17(15-19)22(28)20-21(18-9-6-11-25-16-18)27(24(30)23(20)29)13-7-12-26(2)3/h5-6,8-11,15-16,21,28H,4,7,12-14H2,1-3H3. The summed E-state index contributed by atoms with van der Waals surface area (Å²) >= 11 is 0. The summed E-state index contributed by atoms with van der Waals surface area (Å²) < 4.78 is 5.65. The van der Waals surface area contributed by atoms with Gasteiger partial charge in [0.2, 0.25) is 0 Å². The number of nitrogens with zero attached hydrogens (tertiary/aromatic N) is 3. The molecule has 0 bridgehead atoms. The smallest absolute Gasteiger partial charge is 0.295 e. The van der Waals surface area contributed by atoms with Gasteiger partial charge in [0.1, 0.15) is 11.5 Å². The lowest BCUT2D eigenvalue weighted by Gasteiger charge is -2.25. The molecule has 2 heterocycles. The highest BCUT2D eigenvalue weighted by Crippen LogP contribution is 2.39. The van der Waals surface area contributed by atoms with Gasteiger partial charge in [-0.3, -0.25) is 14.6 Å². The van der Waals surface area contributed by atoms with E-state index >= 15 is 0 Å². The van der Waals surface area contributed by atoms with Crippen LogP contribution in [0.3, 0.4) is 0 Å². The van der Waals surface area contributed by atoms with E-state index in [1.807, 2.05) is 32.0 Å². The number of benzene rings is 1. The highest BCUT2D eigenvalue weighted by molar-refractivity contribution is 6.46. The molecule has 1 amide bonds. The van der Waals surface area contributed by atoms with Gasteiger partial charge in [-0.15, -0.1) is 0 Å². The SMILES string of the molecule is CCCOc1cccc(C(O)=C2C(=O)C(=O)N(CCCN(C)C)C2c2cccnc2)c1. The molecule has 0 saturated carbocycles. The average molecular weight is 424 g/mol. The lowest BCUT2D eigenvalue weighted by Crippen LogP contribution is -2.32. The molecular weight excluding hydrogens is 394 g/mol. The third-order valence-corrected chi connectivity index (χ3v) is 5.12. The lowest BCUT2D eigenvalue weighted by molar-refractivity contribution is -0.139. The molecule has 0 aliphatic carbocycles. The number of ketones is 1. The van der Waals surface area contributed by atoms with Gasteiger partial charge in [0.15, 0.2) is 0 Å². The minimum Gasteiger partial charge on any atom is -0.507 e. The van der Waals surface area contributed by atoms with Crippen LogP contribution in [0.15, 0.2) is 54.4 Å². The zero-order chi connectivity index (χ0) is 22.4. The normalized spacial score (nSPS) is 18.1. The second-order valence-electron chi connectivity index (χ2n) is 7.81. The molecule has 1 aromatic heterocycles. The van der Waals surface area contributed by atoms with Crippen LogP contribution in [0.4, 0.5) is 0 Å². The summed E-state index contributed by atoms with van der Waals surface area (Å²) in [5.74, 6) is -0.892. The fraction of sp³-hybridized carbons (Fsp3) is 0.375. The first-order valence-corrected chi connectivity index (χ1v) is 10.5. The maximum atomic E-state index is 13.0. The number of hydrogen-bond donors (Lipinski definition) is 1. The van der Waals surface area contributed by atoms with Crippen molar-refractivity contribution < 1.29 is 19.4 Å². The fourth-order valence-electron chi connectivity index (χ4n) is 3.66. The van der Waals surface area contributed by atoms with Gasteiger partial charge in [-0.25, -0.2) is 0 Å². The van der Waals surface area contributed by atoms with Crippen molar-refractivity contribution in [2.75, 3.05) is 33.8 Å². The van der Waals surface area contributed by atoms with Gasteiger partial charge in [-0.2, -0.15) is 0 Å². The number of hydrogen-bond acceptors (Lipinski definition) is 6. The molecule has 0 radical (unpaired) electrons. The predicted octanol–water partition coefficient (Wildman–Crippen LogP) is 3.24. The largest absolute Gasteiger partial charge is 0.507 e. The first-order chi connectivity index (χ1) is 14.9. The van der Waals surface area contributed by atoms with Gasteiger partial charge in [0, 0.05) is 24.5 Å². The van der Waals surface area contributed by atoms with Crippen molar-refractivity contribution in [1.82, 2.24) is 14.8 Å². The number of Topliss-reactive ketones (excluding diaryl/α,β-unsaturated/α-hetero) is 1. The van der Waals surface area contributed by atoms with E-state index < -0.39 is 17.7 Å². The van der Waals surface area contributed by atoms with E-state index in [1.54, 1.807) is 42.7 Å². The molecule has 1 aromatic carbocycles. The summed E-state index contributed by atoms with van der Waals surface area (Å²) in [4.78, 5) is 33.6. The second-order valence-corrected chi connectivity index (χ2v) is 7.81. The van der Waals surface area contributed by atoms with Crippen LogP contribution in [0.1, 0.15) is 36.9 Å². The van der Waals surface area contributed by atoms with Crippen LogP contribution in [0.2, 0.25) is 0 Å². The van der Waals surface area contributed by atoms with Crippen LogP contribution >= 0.6 is 0 Å². The molecule has 7 nitrogen and oxygen atoms in total. The van der Waals surface area contributed by atoms with Crippen molar-refractivity contribution in [3.05, 3.63) is 65.5 Å². The summed E-state index contributed by atoms with van der Waals surface area (Å²) in [6.07, 6.45) is 4.83. The van der Waals surface area contributed by atoms with Crippen molar-refractivity contribution in [3.8, 4) is 5.75 Å². The van der Waals surface area contributed by atoms with E-state index in [4.69, 9.17) is 4.74 Å². The van der Waals surface area contributed by atoms with Gasteiger partial charge < -0.3 is 19.6 Å². The molecule has 1 aliphatic heterocycles. The zero-order valence-corrected chi connectivity index (χ0v) is 18.2. The minimum atomic E-state index is -0.684. The Morgan fingerprint density at radius 1 is 1.23 bits per heavy atom. The Labute approximate surface area is 183 Å². The maximum absolute atomic E-state index is 13.0. The number of aliphatic hydroxyl groups excluding tert-OH is 1. The fourth-order valence-corrected chi connectivity index (χ4v) is 3.66. The number of carbonyl (C=O) groups is 2. The Morgan fingerprint density at radius 3 is 2.71 bits per heavy atom. The molecule has 164 valence electrons. The first-order valence-electron chi connectivity index (χ1n) is 10.5. The van der Waals surface area contributed by atoms with Crippen molar-refractivity contribution in [1.29, 1.82) is 0 Å². The zero-order valence-electron chi connectivity index (χ0n) is 18.2. The van der Waals surface area contributed by atoms with Crippen molar-refractivity contribution in [2.45, 2.75) is 25.8 Å². The summed E-state index contributed by atoms with van der Waals surface area (Å²) in [7, 11) is 3.92. The summed E-state index contributed by atoms with van der Waals surface area (Å²) in [6.45, 7) is 3.74. The Hall–Kier alpha value is -3.19. The third-order valence-electron chi connectivity index (χ3n) is 5.12.